The van der Waals surface area contributed by atoms with Crippen molar-refractivity contribution in [3.63, 3.8) is 0 Å². The van der Waals surface area contributed by atoms with Crippen molar-refractivity contribution in [1.82, 2.24) is 15.3 Å². The molecule has 0 unspecified atom stereocenters. The van der Waals surface area contributed by atoms with Crippen molar-refractivity contribution in [2.45, 2.75) is 52.5 Å². The maximum absolute atomic E-state index is 4.53. The highest BCUT2D eigenvalue weighted by atomic mass is 14.9. The second-order valence-electron chi connectivity index (χ2n) is 6.17. The average molecular weight is 259 g/mol. The van der Waals surface area contributed by atoms with Gasteiger partial charge in [0.15, 0.2) is 0 Å². The summed E-state index contributed by atoms with van der Waals surface area (Å²) in [5, 5.41) is 3.52. The first-order valence-corrected chi connectivity index (χ1v) is 7.20. The lowest BCUT2D eigenvalue weighted by molar-refractivity contribution is 0.422. The predicted octanol–water partition coefficient (Wildman–Crippen LogP) is 3.45. The molecule has 0 amide bonds. The van der Waals surface area contributed by atoms with Crippen molar-refractivity contribution >= 4 is 11.0 Å². The minimum Gasteiger partial charge on any atom is -0.342 e. The van der Waals surface area contributed by atoms with Gasteiger partial charge in [0.1, 0.15) is 5.82 Å². The van der Waals surface area contributed by atoms with Gasteiger partial charge in [0.2, 0.25) is 0 Å². The summed E-state index contributed by atoms with van der Waals surface area (Å²) >= 11 is 0. The Balaban J connectivity index is 1.94. The van der Waals surface area contributed by atoms with Gasteiger partial charge in [-0.3, -0.25) is 0 Å². The Hall–Kier alpha value is -1.35. The number of aromatic nitrogens is 2. The Bertz CT molecular complexity index is 534. The van der Waals surface area contributed by atoms with Gasteiger partial charge < -0.3 is 10.3 Å². The fourth-order valence-electron chi connectivity index (χ4n) is 2.19. The Morgan fingerprint density at radius 3 is 2.74 bits per heavy atom. The maximum Gasteiger partial charge on any atom is 0.106 e. The minimum absolute atomic E-state index is 0.212. The highest BCUT2D eigenvalue weighted by molar-refractivity contribution is 5.75. The fourth-order valence-corrected chi connectivity index (χ4v) is 2.19. The molecule has 0 aliphatic rings. The van der Waals surface area contributed by atoms with E-state index in [1.54, 1.807) is 0 Å². The van der Waals surface area contributed by atoms with Crippen LogP contribution in [0.5, 0.6) is 0 Å². The van der Waals surface area contributed by atoms with Gasteiger partial charge in [0.25, 0.3) is 0 Å². The number of H-pyrrole nitrogens is 1. The van der Waals surface area contributed by atoms with Crippen LogP contribution in [0.1, 0.15) is 45.5 Å². The van der Waals surface area contributed by atoms with Crippen molar-refractivity contribution in [2.75, 3.05) is 6.54 Å². The highest BCUT2D eigenvalue weighted by Gasteiger charge is 2.07. The van der Waals surface area contributed by atoms with Crippen molar-refractivity contribution in [3.05, 3.63) is 29.6 Å². The number of rotatable bonds is 5. The molecule has 0 spiro atoms. The first kappa shape index (κ1) is 14.1. The van der Waals surface area contributed by atoms with E-state index < -0.39 is 0 Å². The molecule has 104 valence electrons. The van der Waals surface area contributed by atoms with E-state index in [4.69, 9.17) is 0 Å². The van der Waals surface area contributed by atoms with Gasteiger partial charge in [-0.1, -0.05) is 13.0 Å². The number of imidazole rings is 1. The van der Waals surface area contributed by atoms with Gasteiger partial charge >= 0.3 is 0 Å². The molecular formula is C16H25N3. The van der Waals surface area contributed by atoms with Gasteiger partial charge in [-0.2, -0.15) is 0 Å². The van der Waals surface area contributed by atoms with Crippen LogP contribution in [0.25, 0.3) is 11.0 Å². The molecule has 0 aliphatic heterocycles. The topological polar surface area (TPSA) is 40.7 Å². The molecule has 0 saturated heterocycles. The van der Waals surface area contributed by atoms with E-state index in [2.05, 4.69) is 61.2 Å². The smallest absolute Gasteiger partial charge is 0.106 e. The lowest BCUT2D eigenvalue weighted by Gasteiger charge is -2.20. The monoisotopic (exact) mass is 259 g/mol. The molecule has 0 bridgehead atoms. The van der Waals surface area contributed by atoms with Crippen LogP contribution in [0.2, 0.25) is 0 Å². The molecule has 1 heterocycles. The van der Waals surface area contributed by atoms with Crippen LogP contribution in [-0.4, -0.2) is 22.1 Å². The van der Waals surface area contributed by atoms with Crippen LogP contribution in [0.4, 0.5) is 0 Å². The van der Waals surface area contributed by atoms with E-state index in [1.165, 1.54) is 5.56 Å². The summed E-state index contributed by atoms with van der Waals surface area (Å²) in [6.07, 6.45) is 3.23. The molecule has 2 aromatic rings. The second-order valence-corrected chi connectivity index (χ2v) is 6.17. The number of benzene rings is 1. The summed E-state index contributed by atoms with van der Waals surface area (Å²) in [5.74, 6) is 1.07. The lowest BCUT2D eigenvalue weighted by Crippen LogP contribution is -2.36. The molecule has 2 rings (SSSR count). The molecule has 3 heteroatoms. The van der Waals surface area contributed by atoms with E-state index in [9.17, 15) is 0 Å². The molecule has 0 atom stereocenters. The first-order chi connectivity index (χ1) is 8.98. The van der Waals surface area contributed by atoms with Gasteiger partial charge in [-0.25, -0.2) is 4.98 Å². The Labute approximate surface area is 115 Å². The Morgan fingerprint density at radius 2 is 2.05 bits per heavy atom. The molecule has 0 fully saturated rings. The molecule has 0 radical (unpaired) electrons. The van der Waals surface area contributed by atoms with E-state index in [0.29, 0.717) is 0 Å². The minimum atomic E-state index is 0.212. The zero-order valence-corrected chi connectivity index (χ0v) is 12.5. The second kappa shape index (κ2) is 5.74. The van der Waals surface area contributed by atoms with Crippen LogP contribution in [0.15, 0.2) is 18.2 Å². The summed E-state index contributed by atoms with van der Waals surface area (Å²) in [6, 6.07) is 6.55. The SMILES string of the molecule is CCc1nc2ccc(CCCNC(C)(C)C)cc2[nH]1. The normalized spacial score (nSPS) is 12.2. The molecule has 1 aromatic heterocycles. The molecule has 3 nitrogen and oxygen atoms in total. The fraction of sp³-hybridized carbons (Fsp3) is 0.562. The molecule has 19 heavy (non-hydrogen) atoms. The number of fused-ring (bicyclic) bond motifs is 1. The summed E-state index contributed by atoms with van der Waals surface area (Å²) in [7, 11) is 0. The predicted molar refractivity (Wildman–Crippen MR) is 81.5 cm³/mol. The third kappa shape index (κ3) is 4.06. The standard InChI is InChI=1S/C16H25N3/c1-5-15-18-13-9-8-12(11-14(13)19-15)7-6-10-17-16(2,3)4/h8-9,11,17H,5-7,10H2,1-4H3,(H,18,19). The number of aromatic amines is 1. The van der Waals surface area contributed by atoms with Crippen molar-refractivity contribution in [3.8, 4) is 0 Å². The third-order valence-corrected chi connectivity index (χ3v) is 3.23. The van der Waals surface area contributed by atoms with Crippen LogP contribution in [-0.2, 0) is 12.8 Å². The Kier molecular flexibility index (Phi) is 4.25. The van der Waals surface area contributed by atoms with Crippen molar-refractivity contribution in [1.29, 1.82) is 0 Å². The number of hydrogen-bond donors (Lipinski definition) is 2. The van der Waals surface area contributed by atoms with Crippen LogP contribution in [0.3, 0.4) is 0 Å². The largest absolute Gasteiger partial charge is 0.342 e. The van der Waals surface area contributed by atoms with E-state index >= 15 is 0 Å². The molecule has 2 N–H and O–H groups in total. The quantitative estimate of drug-likeness (QED) is 0.807. The number of nitrogens with one attached hydrogen (secondary N) is 2. The molecule has 0 aliphatic carbocycles. The van der Waals surface area contributed by atoms with E-state index in [0.717, 1.165) is 42.7 Å². The number of nitrogens with zero attached hydrogens (tertiary/aromatic N) is 1. The van der Waals surface area contributed by atoms with Crippen LogP contribution < -0.4 is 5.32 Å². The zero-order valence-electron chi connectivity index (χ0n) is 12.5. The van der Waals surface area contributed by atoms with E-state index in [1.807, 2.05) is 0 Å². The number of aryl methyl sites for hydroxylation is 2. The average Bonchev–Trinajstić information content (AvgIpc) is 2.75. The first-order valence-electron chi connectivity index (χ1n) is 7.20. The van der Waals surface area contributed by atoms with Crippen LogP contribution in [0, 0.1) is 0 Å². The number of hydrogen-bond acceptors (Lipinski definition) is 2. The summed E-state index contributed by atoms with van der Waals surface area (Å²) in [5.41, 5.74) is 3.84. The van der Waals surface area contributed by atoms with E-state index in [-0.39, 0.29) is 5.54 Å². The van der Waals surface area contributed by atoms with Crippen molar-refractivity contribution < 1.29 is 0 Å². The highest BCUT2D eigenvalue weighted by Crippen LogP contribution is 2.15. The lowest BCUT2D eigenvalue weighted by atomic mass is 10.1. The molecule has 0 saturated carbocycles. The third-order valence-electron chi connectivity index (χ3n) is 3.23. The summed E-state index contributed by atoms with van der Waals surface area (Å²) in [6.45, 7) is 9.79. The van der Waals surface area contributed by atoms with Gasteiger partial charge in [-0.05, 0) is 57.9 Å². The summed E-state index contributed by atoms with van der Waals surface area (Å²) < 4.78 is 0. The summed E-state index contributed by atoms with van der Waals surface area (Å²) in [4.78, 5) is 7.91. The zero-order chi connectivity index (χ0) is 13.9. The van der Waals surface area contributed by atoms with Gasteiger partial charge in [0, 0.05) is 12.0 Å². The molecular weight excluding hydrogens is 234 g/mol. The molecule has 1 aromatic carbocycles. The van der Waals surface area contributed by atoms with Gasteiger partial charge in [0.05, 0.1) is 11.0 Å². The Morgan fingerprint density at radius 1 is 1.26 bits per heavy atom. The van der Waals surface area contributed by atoms with Gasteiger partial charge in [-0.15, -0.1) is 0 Å². The van der Waals surface area contributed by atoms with Crippen LogP contribution >= 0.6 is 0 Å². The maximum atomic E-state index is 4.53. The van der Waals surface area contributed by atoms with Crippen molar-refractivity contribution in [2.24, 2.45) is 0 Å².